The quantitative estimate of drug-likeness (QED) is 0.734. The molecular formula is C14H19BrO. The number of alkyl halides is 1. The van der Waals surface area contributed by atoms with Crippen LogP contribution >= 0.6 is 15.9 Å². The van der Waals surface area contributed by atoms with Gasteiger partial charge in [-0.1, -0.05) is 52.2 Å². The molecule has 1 saturated carbocycles. The number of ether oxygens (including phenoxy) is 1. The number of hydrogen-bond acceptors (Lipinski definition) is 1. The van der Waals surface area contributed by atoms with Crippen LogP contribution in [0, 0.1) is 12.8 Å². The molecular weight excluding hydrogens is 264 g/mol. The van der Waals surface area contributed by atoms with Crippen LogP contribution in [0.1, 0.15) is 36.5 Å². The molecule has 88 valence electrons. The van der Waals surface area contributed by atoms with Crippen LogP contribution in [-0.2, 0) is 4.74 Å². The topological polar surface area (TPSA) is 9.23 Å². The van der Waals surface area contributed by atoms with Crippen molar-refractivity contribution in [3.8, 4) is 0 Å². The van der Waals surface area contributed by atoms with E-state index in [1.807, 2.05) is 0 Å². The zero-order valence-electron chi connectivity index (χ0n) is 9.79. The van der Waals surface area contributed by atoms with Gasteiger partial charge >= 0.3 is 0 Å². The zero-order chi connectivity index (χ0) is 11.4. The molecule has 1 atom stereocenters. The van der Waals surface area contributed by atoms with E-state index in [-0.39, 0.29) is 6.10 Å². The van der Waals surface area contributed by atoms with E-state index in [1.165, 1.54) is 30.4 Å². The maximum atomic E-state index is 5.97. The van der Waals surface area contributed by atoms with Crippen molar-refractivity contribution in [1.82, 2.24) is 0 Å². The molecule has 0 spiro atoms. The van der Waals surface area contributed by atoms with Crippen LogP contribution in [0.2, 0.25) is 0 Å². The third-order valence-electron chi connectivity index (χ3n) is 3.35. The summed E-state index contributed by atoms with van der Waals surface area (Å²) in [4.78, 5) is 0. The van der Waals surface area contributed by atoms with Crippen LogP contribution in [0.3, 0.4) is 0 Å². The standard InChI is InChI=1S/C14H19BrO/c1-11-5-7-13(8-6-11)14(9-15)16-10-12-3-2-4-12/h5-8,12,14H,2-4,9-10H2,1H3. The van der Waals surface area contributed by atoms with Crippen LogP contribution < -0.4 is 0 Å². The largest absolute Gasteiger partial charge is 0.372 e. The number of aryl methyl sites for hydroxylation is 1. The number of benzene rings is 1. The van der Waals surface area contributed by atoms with Crippen LogP contribution in [-0.4, -0.2) is 11.9 Å². The molecule has 0 heterocycles. The van der Waals surface area contributed by atoms with Gasteiger partial charge in [-0.2, -0.15) is 0 Å². The van der Waals surface area contributed by atoms with Gasteiger partial charge in [0.25, 0.3) is 0 Å². The van der Waals surface area contributed by atoms with Gasteiger partial charge in [0, 0.05) is 5.33 Å². The Bertz CT molecular complexity index is 316. The number of halogens is 1. The van der Waals surface area contributed by atoms with Crippen LogP contribution in [0.5, 0.6) is 0 Å². The number of hydrogen-bond donors (Lipinski definition) is 0. The predicted octanol–water partition coefficient (Wildman–Crippen LogP) is 4.25. The smallest absolute Gasteiger partial charge is 0.0921 e. The maximum Gasteiger partial charge on any atom is 0.0921 e. The minimum atomic E-state index is 0.209. The average Bonchev–Trinajstić information content (AvgIpc) is 2.24. The summed E-state index contributed by atoms with van der Waals surface area (Å²) in [5, 5.41) is 0.878. The molecule has 1 aromatic carbocycles. The highest BCUT2D eigenvalue weighted by atomic mass is 79.9. The van der Waals surface area contributed by atoms with Gasteiger partial charge in [0.15, 0.2) is 0 Å². The summed E-state index contributed by atoms with van der Waals surface area (Å²) < 4.78 is 5.97. The first-order valence-electron chi connectivity index (χ1n) is 6.03. The van der Waals surface area contributed by atoms with Gasteiger partial charge in [-0.15, -0.1) is 0 Å². The van der Waals surface area contributed by atoms with E-state index in [0.717, 1.165) is 17.9 Å². The fourth-order valence-corrected chi connectivity index (χ4v) is 2.48. The van der Waals surface area contributed by atoms with E-state index in [1.54, 1.807) is 0 Å². The molecule has 1 nitrogen and oxygen atoms in total. The lowest BCUT2D eigenvalue weighted by Crippen LogP contribution is -2.19. The van der Waals surface area contributed by atoms with E-state index in [4.69, 9.17) is 4.74 Å². The van der Waals surface area contributed by atoms with E-state index < -0.39 is 0 Å². The Labute approximate surface area is 106 Å². The van der Waals surface area contributed by atoms with Crippen molar-refractivity contribution in [2.45, 2.75) is 32.3 Å². The molecule has 16 heavy (non-hydrogen) atoms. The minimum Gasteiger partial charge on any atom is -0.372 e. The first-order chi connectivity index (χ1) is 7.79. The van der Waals surface area contributed by atoms with Crippen molar-refractivity contribution in [2.24, 2.45) is 5.92 Å². The van der Waals surface area contributed by atoms with Crippen molar-refractivity contribution in [3.05, 3.63) is 35.4 Å². The van der Waals surface area contributed by atoms with E-state index >= 15 is 0 Å². The normalized spacial score (nSPS) is 18.1. The highest BCUT2D eigenvalue weighted by Gasteiger charge is 2.19. The fraction of sp³-hybridized carbons (Fsp3) is 0.571. The van der Waals surface area contributed by atoms with Gasteiger partial charge in [0.2, 0.25) is 0 Å². The molecule has 1 aliphatic carbocycles. The summed E-state index contributed by atoms with van der Waals surface area (Å²) in [7, 11) is 0. The molecule has 1 fully saturated rings. The Kier molecular flexibility index (Phi) is 4.42. The summed E-state index contributed by atoms with van der Waals surface area (Å²) in [5.41, 5.74) is 2.58. The van der Waals surface area contributed by atoms with Crippen molar-refractivity contribution in [3.63, 3.8) is 0 Å². The molecule has 1 unspecified atom stereocenters. The Morgan fingerprint density at radius 3 is 2.50 bits per heavy atom. The molecule has 0 saturated heterocycles. The Morgan fingerprint density at radius 2 is 2.00 bits per heavy atom. The second-order valence-electron chi connectivity index (χ2n) is 4.68. The van der Waals surface area contributed by atoms with E-state index in [9.17, 15) is 0 Å². The fourth-order valence-electron chi connectivity index (χ4n) is 1.92. The summed E-state index contributed by atoms with van der Waals surface area (Å²) >= 11 is 3.54. The molecule has 1 aromatic rings. The highest BCUT2D eigenvalue weighted by Crippen LogP contribution is 2.29. The van der Waals surface area contributed by atoms with Crippen LogP contribution in [0.25, 0.3) is 0 Å². The molecule has 2 heteroatoms. The molecule has 2 rings (SSSR count). The Balaban J connectivity index is 1.90. The SMILES string of the molecule is Cc1ccc(C(CBr)OCC2CCC2)cc1. The van der Waals surface area contributed by atoms with Crippen molar-refractivity contribution >= 4 is 15.9 Å². The van der Waals surface area contributed by atoms with Crippen molar-refractivity contribution in [1.29, 1.82) is 0 Å². The molecule has 0 amide bonds. The molecule has 0 bridgehead atoms. The summed E-state index contributed by atoms with van der Waals surface area (Å²) in [6.07, 6.45) is 4.30. The molecule has 0 N–H and O–H groups in total. The molecule has 0 aliphatic heterocycles. The summed E-state index contributed by atoms with van der Waals surface area (Å²) in [6, 6.07) is 8.64. The lowest BCUT2D eigenvalue weighted by atomic mass is 9.86. The van der Waals surface area contributed by atoms with E-state index in [2.05, 4.69) is 47.1 Å². The first kappa shape index (κ1) is 12.1. The average molecular weight is 283 g/mol. The van der Waals surface area contributed by atoms with Gasteiger partial charge in [0.1, 0.15) is 0 Å². The second-order valence-corrected chi connectivity index (χ2v) is 5.33. The summed E-state index contributed by atoms with van der Waals surface area (Å²) in [5.74, 6) is 0.812. The van der Waals surface area contributed by atoms with Crippen LogP contribution in [0.15, 0.2) is 24.3 Å². The molecule has 0 aromatic heterocycles. The molecule has 0 radical (unpaired) electrons. The van der Waals surface area contributed by atoms with Gasteiger partial charge in [-0.3, -0.25) is 0 Å². The lowest BCUT2D eigenvalue weighted by Gasteiger charge is -2.27. The monoisotopic (exact) mass is 282 g/mol. The predicted molar refractivity (Wildman–Crippen MR) is 71.0 cm³/mol. The Morgan fingerprint density at radius 1 is 1.31 bits per heavy atom. The van der Waals surface area contributed by atoms with Gasteiger partial charge < -0.3 is 4.74 Å². The zero-order valence-corrected chi connectivity index (χ0v) is 11.4. The van der Waals surface area contributed by atoms with Gasteiger partial charge in [-0.25, -0.2) is 0 Å². The Hall–Kier alpha value is -0.340. The first-order valence-corrected chi connectivity index (χ1v) is 7.16. The van der Waals surface area contributed by atoms with Crippen molar-refractivity contribution in [2.75, 3.05) is 11.9 Å². The van der Waals surface area contributed by atoms with Crippen LogP contribution in [0.4, 0.5) is 0 Å². The van der Waals surface area contributed by atoms with Gasteiger partial charge in [-0.05, 0) is 31.2 Å². The highest BCUT2D eigenvalue weighted by molar-refractivity contribution is 9.09. The second kappa shape index (κ2) is 5.83. The molecule has 1 aliphatic rings. The minimum absolute atomic E-state index is 0.209. The lowest BCUT2D eigenvalue weighted by molar-refractivity contribution is 0.0224. The van der Waals surface area contributed by atoms with Gasteiger partial charge in [0.05, 0.1) is 12.7 Å². The van der Waals surface area contributed by atoms with E-state index in [0.29, 0.717) is 0 Å². The summed E-state index contributed by atoms with van der Waals surface area (Å²) in [6.45, 7) is 3.03. The third kappa shape index (κ3) is 3.08. The number of rotatable bonds is 5. The third-order valence-corrected chi connectivity index (χ3v) is 3.94. The maximum absolute atomic E-state index is 5.97. The van der Waals surface area contributed by atoms with Crippen molar-refractivity contribution < 1.29 is 4.74 Å².